The fourth-order valence-electron chi connectivity index (χ4n) is 2.46. The molecule has 2 heterocycles. The predicted octanol–water partition coefficient (Wildman–Crippen LogP) is 0.817. The molecule has 2 aromatic rings. The van der Waals surface area contributed by atoms with Crippen LogP contribution in [0.2, 0.25) is 0 Å². The number of hydrogen-bond acceptors (Lipinski definition) is 6. The van der Waals surface area contributed by atoms with Crippen molar-refractivity contribution >= 4 is 0 Å². The van der Waals surface area contributed by atoms with Gasteiger partial charge in [0.1, 0.15) is 17.5 Å². The first-order valence-corrected chi connectivity index (χ1v) is 7.05. The quantitative estimate of drug-likeness (QED) is 0.881. The van der Waals surface area contributed by atoms with Gasteiger partial charge in [0.2, 0.25) is 0 Å². The van der Waals surface area contributed by atoms with Crippen LogP contribution in [-0.4, -0.2) is 26.8 Å². The van der Waals surface area contributed by atoms with E-state index in [2.05, 4.69) is 5.10 Å². The van der Waals surface area contributed by atoms with Crippen molar-refractivity contribution in [1.82, 2.24) is 9.94 Å². The Kier molecular flexibility index (Phi) is 3.54. The van der Waals surface area contributed by atoms with Gasteiger partial charge in [0.25, 0.3) is 0 Å². The average Bonchev–Trinajstić information content (AvgIpc) is 2.53. The molecule has 7 heteroatoms. The molecule has 0 bridgehead atoms. The molecule has 0 saturated carbocycles. The molecule has 1 N–H and O–H groups in total. The van der Waals surface area contributed by atoms with Gasteiger partial charge in [-0.2, -0.15) is 5.26 Å². The first-order valence-electron chi connectivity index (χ1n) is 7.05. The van der Waals surface area contributed by atoms with Crippen LogP contribution in [0.25, 0.3) is 0 Å². The maximum atomic E-state index is 11.8. The number of aromatic nitrogens is 2. The molecule has 0 fully saturated rings. The largest absolute Gasteiger partial charge is 0.485 e. The van der Waals surface area contributed by atoms with E-state index in [1.54, 1.807) is 32.0 Å². The first-order chi connectivity index (χ1) is 10.9. The number of fused-ring (bicyclic) bond motifs is 1. The van der Waals surface area contributed by atoms with Gasteiger partial charge in [0.15, 0.2) is 6.10 Å². The van der Waals surface area contributed by atoms with E-state index < -0.39 is 23.4 Å². The monoisotopic (exact) mass is 313 g/mol. The molecule has 3 rings (SSSR count). The van der Waals surface area contributed by atoms with Crippen LogP contribution in [-0.2, 0) is 0 Å². The fourth-order valence-corrected chi connectivity index (χ4v) is 2.46. The van der Waals surface area contributed by atoms with E-state index in [-0.39, 0.29) is 0 Å². The van der Waals surface area contributed by atoms with Crippen LogP contribution in [0.1, 0.15) is 31.1 Å². The van der Waals surface area contributed by atoms with Crippen LogP contribution in [0, 0.1) is 11.3 Å². The van der Waals surface area contributed by atoms with E-state index >= 15 is 0 Å². The Balaban J connectivity index is 2.09. The Morgan fingerprint density at radius 3 is 2.91 bits per heavy atom. The molecule has 0 amide bonds. The van der Waals surface area contributed by atoms with Crippen molar-refractivity contribution in [1.29, 1.82) is 5.26 Å². The lowest BCUT2D eigenvalue weighted by atomic mass is 9.88. The van der Waals surface area contributed by atoms with E-state index in [4.69, 9.17) is 14.8 Å². The Labute approximate surface area is 132 Å². The second-order valence-electron chi connectivity index (χ2n) is 5.78. The second kappa shape index (κ2) is 5.41. The number of hydrogen-bond donors (Lipinski definition) is 1. The van der Waals surface area contributed by atoms with Crippen molar-refractivity contribution in [2.45, 2.75) is 31.7 Å². The summed E-state index contributed by atoms with van der Waals surface area (Å²) in [6.07, 6.45) is -0.544. The smallest absolute Gasteiger partial charge is 0.303 e. The summed E-state index contributed by atoms with van der Waals surface area (Å²) in [4.78, 5) is 18.2. The molecule has 0 radical (unpaired) electrons. The van der Waals surface area contributed by atoms with E-state index in [1.165, 1.54) is 18.3 Å². The minimum atomic E-state index is -1.06. The minimum absolute atomic E-state index is 0.404. The molecular formula is C16H15N3O4. The van der Waals surface area contributed by atoms with Crippen molar-refractivity contribution in [2.24, 2.45) is 0 Å². The highest BCUT2D eigenvalue weighted by Crippen LogP contribution is 2.40. The fraction of sp³-hybridized carbons (Fsp3) is 0.312. The predicted molar refractivity (Wildman–Crippen MR) is 79.7 cm³/mol. The van der Waals surface area contributed by atoms with Crippen LogP contribution in [0.4, 0.5) is 0 Å². The van der Waals surface area contributed by atoms with Crippen molar-refractivity contribution in [3.63, 3.8) is 0 Å². The molecule has 1 aliphatic rings. The number of nitrogens with zero attached hydrogens (tertiary/aromatic N) is 3. The SMILES string of the molecule is CC1(C)Oc2ccc(C#N)cc2C(On2ncccc2=O)C1O. The zero-order valence-corrected chi connectivity index (χ0v) is 12.6. The van der Waals surface area contributed by atoms with Gasteiger partial charge in [0.05, 0.1) is 17.8 Å². The molecule has 23 heavy (non-hydrogen) atoms. The summed E-state index contributed by atoms with van der Waals surface area (Å²) < 4.78 is 5.78. The van der Waals surface area contributed by atoms with Crippen LogP contribution < -0.4 is 15.1 Å². The molecule has 0 saturated heterocycles. The Hall–Kier alpha value is -2.85. The van der Waals surface area contributed by atoms with Gasteiger partial charge < -0.3 is 14.7 Å². The number of ether oxygens (including phenoxy) is 1. The lowest BCUT2D eigenvalue weighted by molar-refractivity contribution is -0.144. The molecule has 7 nitrogen and oxygen atoms in total. The Morgan fingerprint density at radius 2 is 2.22 bits per heavy atom. The summed E-state index contributed by atoms with van der Waals surface area (Å²) in [5, 5.41) is 23.5. The summed E-state index contributed by atoms with van der Waals surface area (Å²) in [6.45, 7) is 3.44. The van der Waals surface area contributed by atoms with Crippen molar-refractivity contribution in [3.8, 4) is 11.8 Å². The Morgan fingerprint density at radius 1 is 1.43 bits per heavy atom. The third kappa shape index (κ3) is 2.64. The standard InChI is InChI=1S/C16H15N3O4/c1-16(2)15(21)14(23-19-13(20)4-3-7-18-19)11-8-10(9-17)5-6-12(11)22-16/h3-8,14-15,21H,1-2H3. The molecule has 1 aromatic carbocycles. The van der Waals surface area contributed by atoms with Crippen LogP contribution >= 0.6 is 0 Å². The van der Waals surface area contributed by atoms with Crippen molar-refractivity contribution in [2.75, 3.05) is 0 Å². The molecule has 2 unspecified atom stereocenters. The maximum absolute atomic E-state index is 11.8. The minimum Gasteiger partial charge on any atom is -0.485 e. The number of rotatable bonds is 2. The van der Waals surface area contributed by atoms with Crippen molar-refractivity contribution < 1.29 is 14.7 Å². The van der Waals surface area contributed by atoms with Gasteiger partial charge in [-0.15, -0.1) is 5.10 Å². The topological polar surface area (TPSA) is 97.4 Å². The van der Waals surface area contributed by atoms with Gasteiger partial charge in [-0.25, -0.2) is 0 Å². The van der Waals surface area contributed by atoms with Gasteiger partial charge >= 0.3 is 5.56 Å². The first kappa shape index (κ1) is 15.1. The summed E-state index contributed by atoms with van der Waals surface area (Å²) in [5.74, 6) is 0.494. The van der Waals surface area contributed by atoms with Crippen molar-refractivity contribution in [3.05, 3.63) is 58.0 Å². The van der Waals surface area contributed by atoms with E-state index in [0.717, 1.165) is 4.85 Å². The highest BCUT2D eigenvalue weighted by Gasteiger charge is 2.45. The van der Waals surface area contributed by atoms with Gasteiger partial charge in [-0.1, -0.05) is 4.85 Å². The lowest BCUT2D eigenvalue weighted by Crippen LogP contribution is -2.52. The molecular weight excluding hydrogens is 298 g/mol. The third-order valence-electron chi connectivity index (χ3n) is 3.72. The van der Waals surface area contributed by atoms with E-state index in [9.17, 15) is 9.90 Å². The number of aliphatic hydroxyl groups excluding tert-OH is 1. The molecule has 0 spiro atoms. The highest BCUT2D eigenvalue weighted by molar-refractivity contribution is 5.45. The van der Waals surface area contributed by atoms with Gasteiger partial charge in [-0.3, -0.25) is 4.79 Å². The van der Waals surface area contributed by atoms with Crippen LogP contribution in [0.15, 0.2) is 41.3 Å². The number of aliphatic hydroxyl groups is 1. The summed E-state index contributed by atoms with van der Waals surface area (Å²) in [6, 6.07) is 9.68. The lowest BCUT2D eigenvalue weighted by Gasteiger charge is -2.41. The molecule has 2 atom stereocenters. The van der Waals surface area contributed by atoms with Crippen LogP contribution in [0.5, 0.6) is 5.75 Å². The van der Waals surface area contributed by atoms with Crippen LogP contribution in [0.3, 0.4) is 0 Å². The third-order valence-corrected chi connectivity index (χ3v) is 3.72. The normalized spacial score (nSPS) is 21.7. The molecule has 1 aliphatic heterocycles. The average molecular weight is 313 g/mol. The maximum Gasteiger partial charge on any atom is 0.303 e. The van der Waals surface area contributed by atoms with E-state index in [0.29, 0.717) is 16.9 Å². The highest BCUT2D eigenvalue weighted by atomic mass is 16.7. The number of benzene rings is 1. The summed E-state index contributed by atoms with van der Waals surface area (Å²) in [5.41, 5.74) is -0.485. The summed E-state index contributed by atoms with van der Waals surface area (Å²) in [7, 11) is 0. The van der Waals surface area contributed by atoms with E-state index in [1.807, 2.05) is 6.07 Å². The zero-order chi connectivity index (χ0) is 16.6. The Bertz CT molecular complexity index is 838. The molecule has 1 aromatic heterocycles. The zero-order valence-electron chi connectivity index (χ0n) is 12.6. The number of nitriles is 1. The van der Waals surface area contributed by atoms with Gasteiger partial charge in [0, 0.05) is 11.6 Å². The molecule has 0 aliphatic carbocycles. The molecule has 118 valence electrons. The summed E-state index contributed by atoms with van der Waals surface area (Å²) >= 11 is 0. The van der Waals surface area contributed by atoms with Gasteiger partial charge in [-0.05, 0) is 38.1 Å². The second-order valence-corrected chi connectivity index (χ2v) is 5.78.